The molecule has 0 unspecified atom stereocenters. The van der Waals surface area contributed by atoms with Gasteiger partial charge in [0.15, 0.2) is 0 Å². The second-order valence-electron chi connectivity index (χ2n) is 16.7. The van der Waals surface area contributed by atoms with Crippen LogP contribution in [-0.4, -0.2) is 0 Å². The Balaban J connectivity index is 0.000000736. The van der Waals surface area contributed by atoms with E-state index in [1.165, 1.54) is 150 Å². The van der Waals surface area contributed by atoms with Crippen molar-refractivity contribution in [3.05, 3.63) is 176 Å². The normalized spacial score (nSPS) is 12.1. The summed E-state index contributed by atoms with van der Waals surface area (Å²) in [5, 5.41) is 20.6. The molecular weight excluding hydrogens is 723 g/mol. The van der Waals surface area contributed by atoms with Crippen LogP contribution in [0.2, 0.25) is 0 Å². The highest BCUT2D eigenvalue weighted by atomic mass is 14.5. The van der Waals surface area contributed by atoms with Crippen LogP contribution < -0.4 is 5.73 Å². The molecule has 0 fully saturated rings. The molecule has 0 saturated carbocycles. The van der Waals surface area contributed by atoms with Gasteiger partial charge in [-0.3, -0.25) is 0 Å². The number of anilines is 1. The minimum atomic E-state index is 0.775. The fourth-order valence-corrected chi connectivity index (χ4v) is 10.8. The van der Waals surface area contributed by atoms with Crippen LogP contribution in [0.5, 0.6) is 0 Å². The van der Waals surface area contributed by atoms with Gasteiger partial charge < -0.3 is 5.73 Å². The first kappa shape index (κ1) is 34.8. The molecule has 1 nitrogen and oxygen atoms in total. The topological polar surface area (TPSA) is 26.0 Å². The SMILES string of the molecule is CCCCC.Nc1ccc2c(c1)c1ccccc1c1c(-c3ccccc3)c3cc4c(cc3c(-c3ccccc3)c21)-c1ccc2c3cccc5cccc(c6ccc-4c1c62)c53. The molecule has 0 amide bonds. The van der Waals surface area contributed by atoms with Crippen LogP contribution in [0.4, 0.5) is 5.69 Å². The highest BCUT2D eigenvalue weighted by molar-refractivity contribution is 6.40. The van der Waals surface area contributed by atoms with Crippen LogP contribution >= 0.6 is 0 Å². The van der Waals surface area contributed by atoms with Gasteiger partial charge in [-0.1, -0.05) is 185 Å². The van der Waals surface area contributed by atoms with E-state index in [1.54, 1.807) is 0 Å². The molecule has 0 aliphatic heterocycles. The quantitative estimate of drug-likeness (QED) is 0.108. The Morgan fingerprint density at radius 3 is 1.30 bits per heavy atom. The number of unbranched alkanes of at least 4 members (excludes halogenated alkanes) is 2. The van der Waals surface area contributed by atoms with Crippen LogP contribution in [-0.2, 0) is 0 Å². The summed E-state index contributed by atoms with van der Waals surface area (Å²) in [4.78, 5) is 0. The van der Waals surface area contributed by atoms with E-state index in [2.05, 4.69) is 190 Å². The summed E-state index contributed by atoms with van der Waals surface area (Å²) in [5.74, 6) is 0. The summed E-state index contributed by atoms with van der Waals surface area (Å²) in [6, 6.07) is 65.5. The van der Waals surface area contributed by atoms with E-state index >= 15 is 0 Å². The maximum atomic E-state index is 6.54. The van der Waals surface area contributed by atoms with Crippen molar-refractivity contribution in [2.45, 2.75) is 33.1 Å². The second-order valence-corrected chi connectivity index (χ2v) is 16.7. The number of hydrogen-bond donors (Lipinski definition) is 1. The Morgan fingerprint density at radius 2 is 0.767 bits per heavy atom. The highest BCUT2D eigenvalue weighted by Crippen LogP contribution is 2.56. The van der Waals surface area contributed by atoms with Crippen LogP contribution in [0, 0.1) is 0 Å². The third kappa shape index (κ3) is 4.87. The predicted octanol–water partition coefficient (Wildman–Crippen LogP) is 17.1. The first-order chi connectivity index (χ1) is 29.6. The van der Waals surface area contributed by atoms with Gasteiger partial charge in [0.25, 0.3) is 0 Å². The van der Waals surface area contributed by atoms with Crippen molar-refractivity contribution in [3.8, 4) is 44.5 Å². The first-order valence-electron chi connectivity index (χ1n) is 21.6. The minimum Gasteiger partial charge on any atom is -0.399 e. The minimum absolute atomic E-state index is 0.775. The van der Waals surface area contributed by atoms with Gasteiger partial charge in [-0.2, -0.15) is 0 Å². The van der Waals surface area contributed by atoms with E-state index < -0.39 is 0 Å². The molecule has 1 aliphatic carbocycles. The predicted molar refractivity (Wildman–Crippen MR) is 263 cm³/mol. The average Bonchev–Trinajstić information content (AvgIpc) is 3.62. The van der Waals surface area contributed by atoms with E-state index in [0.29, 0.717) is 0 Å². The largest absolute Gasteiger partial charge is 0.399 e. The van der Waals surface area contributed by atoms with Crippen molar-refractivity contribution in [2.24, 2.45) is 0 Å². The number of benzene rings is 12. The van der Waals surface area contributed by atoms with E-state index in [4.69, 9.17) is 5.73 Å². The summed E-state index contributed by atoms with van der Waals surface area (Å²) in [6.07, 6.45) is 4.08. The van der Waals surface area contributed by atoms with E-state index in [-0.39, 0.29) is 0 Å². The number of hydrogen-bond acceptors (Lipinski definition) is 1. The molecule has 1 heteroatoms. The van der Waals surface area contributed by atoms with Crippen molar-refractivity contribution in [1.82, 2.24) is 0 Å². The highest BCUT2D eigenvalue weighted by Gasteiger charge is 2.29. The van der Waals surface area contributed by atoms with Crippen molar-refractivity contribution in [3.63, 3.8) is 0 Å². The second kappa shape index (κ2) is 13.4. The third-order valence-corrected chi connectivity index (χ3v) is 13.3. The van der Waals surface area contributed by atoms with Crippen molar-refractivity contribution in [1.29, 1.82) is 0 Å². The van der Waals surface area contributed by atoms with Crippen molar-refractivity contribution in [2.75, 3.05) is 5.73 Å². The molecule has 12 aromatic rings. The molecule has 0 heterocycles. The Labute approximate surface area is 349 Å². The number of fused-ring (bicyclic) bond motifs is 12. The average molecular weight is 766 g/mol. The van der Waals surface area contributed by atoms with Crippen molar-refractivity contribution >= 4 is 91.9 Å². The Bertz CT molecular complexity index is 3640. The van der Waals surface area contributed by atoms with Gasteiger partial charge >= 0.3 is 0 Å². The lowest BCUT2D eigenvalue weighted by Crippen LogP contribution is -1.95. The van der Waals surface area contributed by atoms with Gasteiger partial charge in [0.2, 0.25) is 0 Å². The number of nitrogens with two attached hydrogens (primary N) is 1. The molecule has 1 aliphatic rings. The molecule has 284 valence electrons. The summed E-state index contributed by atoms with van der Waals surface area (Å²) in [6.45, 7) is 4.42. The fourth-order valence-electron chi connectivity index (χ4n) is 10.8. The lowest BCUT2D eigenvalue weighted by atomic mass is 9.80. The molecule has 0 spiro atoms. The summed E-state index contributed by atoms with van der Waals surface area (Å²) >= 11 is 0. The fraction of sp³-hybridized carbons (Fsp3) is 0.0847. The maximum Gasteiger partial charge on any atom is 0.0320 e. The van der Waals surface area contributed by atoms with Gasteiger partial charge in [0.1, 0.15) is 0 Å². The molecule has 12 aromatic carbocycles. The number of nitrogen functional groups attached to an aromatic ring is 1. The van der Waals surface area contributed by atoms with Crippen LogP contribution in [0.15, 0.2) is 176 Å². The van der Waals surface area contributed by atoms with Crippen molar-refractivity contribution < 1.29 is 0 Å². The summed E-state index contributed by atoms with van der Waals surface area (Å²) in [7, 11) is 0. The van der Waals surface area contributed by atoms with E-state index in [0.717, 1.165) is 5.69 Å². The Hall–Kier alpha value is -7.22. The molecule has 0 aromatic heterocycles. The van der Waals surface area contributed by atoms with Crippen LogP contribution in [0.25, 0.3) is 131 Å². The zero-order valence-corrected chi connectivity index (χ0v) is 33.9. The Kier molecular flexibility index (Phi) is 7.78. The zero-order valence-electron chi connectivity index (χ0n) is 33.9. The molecule has 13 rings (SSSR count). The summed E-state index contributed by atoms with van der Waals surface area (Å²) < 4.78 is 0. The van der Waals surface area contributed by atoms with Gasteiger partial charge in [0, 0.05) is 5.69 Å². The molecule has 0 bridgehead atoms. The molecule has 60 heavy (non-hydrogen) atoms. The lowest BCUT2D eigenvalue weighted by molar-refractivity contribution is 0.772. The first-order valence-corrected chi connectivity index (χ1v) is 21.6. The Morgan fingerprint density at radius 1 is 0.317 bits per heavy atom. The molecular formula is C59H43N. The zero-order chi connectivity index (χ0) is 40.1. The van der Waals surface area contributed by atoms with Crippen LogP contribution in [0.3, 0.4) is 0 Å². The standard InChI is InChI=1S/C54H31N.C5H12/c55-33-21-22-42-43(27-33)34-17-7-8-18-35(34)53-49(31-11-3-1-4-12-31)46-28-44-40-25-23-38-36-19-9-15-30-16-10-20-37(48(30)36)39-24-26-41(52(40)51(38)39)45(44)29-47(46)50(54(42)53)32-13-5-2-6-14-32;1-3-5-4-2/h1-29H,55H2;3-5H2,1-2H3. The number of rotatable bonds is 4. The van der Waals surface area contributed by atoms with E-state index in [9.17, 15) is 0 Å². The van der Waals surface area contributed by atoms with Crippen LogP contribution in [0.1, 0.15) is 33.1 Å². The monoisotopic (exact) mass is 765 g/mol. The smallest absolute Gasteiger partial charge is 0.0320 e. The van der Waals surface area contributed by atoms with E-state index in [1.807, 2.05) is 0 Å². The molecule has 0 radical (unpaired) electrons. The van der Waals surface area contributed by atoms with Gasteiger partial charge in [-0.25, -0.2) is 0 Å². The lowest BCUT2D eigenvalue weighted by Gasteiger charge is -2.22. The van der Waals surface area contributed by atoms with Gasteiger partial charge in [-0.05, 0) is 155 Å². The molecule has 0 saturated heterocycles. The summed E-state index contributed by atoms with van der Waals surface area (Å²) in [5.41, 5.74) is 17.5. The van der Waals surface area contributed by atoms with Gasteiger partial charge in [0.05, 0.1) is 0 Å². The molecule has 2 N–H and O–H groups in total. The maximum absolute atomic E-state index is 6.54. The third-order valence-electron chi connectivity index (χ3n) is 13.3. The molecule has 0 atom stereocenters. The van der Waals surface area contributed by atoms with Gasteiger partial charge in [-0.15, -0.1) is 0 Å².